The van der Waals surface area contributed by atoms with Gasteiger partial charge in [-0.15, -0.1) is 0 Å². The number of nitrogens with zero attached hydrogens (tertiary/aromatic N) is 2. The fourth-order valence-electron chi connectivity index (χ4n) is 5.71. The Morgan fingerprint density at radius 3 is 2.83 bits per heavy atom. The van der Waals surface area contributed by atoms with Crippen LogP contribution in [0.4, 0.5) is 0 Å². The second-order valence-electron chi connectivity index (χ2n) is 8.22. The maximum absolute atomic E-state index is 12.8. The van der Waals surface area contributed by atoms with Crippen molar-refractivity contribution < 1.29 is 17.9 Å². The Bertz CT molecular complexity index is 1180. The molecule has 1 aromatic carbocycles. The molecule has 1 fully saturated rings. The summed E-state index contributed by atoms with van der Waals surface area (Å²) in [5, 5.41) is 0.855. The Labute approximate surface area is 174 Å². The number of methoxy groups -OCH3 is 1. The Hall–Kier alpha value is -1.83. The summed E-state index contributed by atoms with van der Waals surface area (Å²) in [5.41, 5.74) is 3.47. The van der Waals surface area contributed by atoms with Crippen molar-refractivity contribution in [2.45, 2.75) is 43.5 Å². The van der Waals surface area contributed by atoms with Crippen LogP contribution in [0.25, 0.3) is 16.6 Å². The van der Waals surface area contributed by atoms with Crippen LogP contribution in [0.1, 0.15) is 43.5 Å². The second-order valence-corrected chi connectivity index (χ2v) is 10.8. The predicted octanol–water partition coefficient (Wildman–Crippen LogP) is 3.69. The van der Waals surface area contributed by atoms with Crippen LogP contribution in [0.3, 0.4) is 0 Å². The molecular weight excluding hydrogens is 412 g/mol. The van der Waals surface area contributed by atoms with Crippen LogP contribution < -0.4 is 0 Å². The number of piperidine rings is 1. The first-order chi connectivity index (χ1) is 13.8. The van der Waals surface area contributed by atoms with Crippen LogP contribution in [-0.4, -0.2) is 44.1 Å². The van der Waals surface area contributed by atoms with Crippen LogP contribution >= 0.6 is 10.7 Å². The minimum atomic E-state index is -3.84. The average molecular weight is 435 g/mol. The first kappa shape index (κ1) is 19.2. The average Bonchev–Trinajstić information content (AvgIpc) is 3.05. The molecule has 1 aromatic heterocycles. The van der Waals surface area contributed by atoms with Crippen LogP contribution in [0.5, 0.6) is 0 Å². The molecule has 0 N–H and O–H groups in total. The predicted molar refractivity (Wildman–Crippen MR) is 111 cm³/mol. The zero-order valence-corrected chi connectivity index (χ0v) is 18.0. The van der Waals surface area contributed by atoms with Gasteiger partial charge in [-0.05, 0) is 62.1 Å². The number of fused-ring (bicyclic) bond motifs is 3. The number of benzene rings is 1. The van der Waals surface area contributed by atoms with Crippen molar-refractivity contribution >= 4 is 42.3 Å². The first-order valence-electron chi connectivity index (χ1n) is 9.98. The van der Waals surface area contributed by atoms with Gasteiger partial charge in [0.15, 0.2) is 0 Å². The fraction of sp³-hybridized carbons (Fsp3) is 0.476. The highest BCUT2D eigenvalue weighted by molar-refractivity contribution is 8.13. The van der Waals surface area contributed by atoms with Crippen molar-refractivity contribution in [2.24, 2.45) is 5.41 Å². The smallest absolute Gasteiger partial charge is 0.354 e. The normalized spacial score (nSPS) is 26.2. The number of hydrogen-bond donors (Lipinski definition) is 0. The molecule has 3 aliphatic heterocycles. The van der Waals surface area contributed by atoms with Crippen LogP contribution in [0.2, 0.25) is 0 Å². The SMILES string of the molecule is CC[C@@]12C=C(C(=O)OC)n3c4c(c5cc(S(=O)(=O)Cl)ccc53)CCN(CCC1)[C@H]42. The molecule has 0 bridgehead atoms. The summed E-state index contributed by atoms with van der Waals surface area (Å²) in [7, 11) is 3.18. The standard InChI is InChI=1S/C21H23ClN2O4S/c1-3-21-8-4-9-23-10-7-14-15-11-13(29(22,26)27)5-6-16(15)24(18(14)19(21)23)17(12-21)20(25)28-2/h5-6,11-12,19H,3-4,7-10H2,1-2H3/t19-,21+/m1/s1. The van der Waals surface area contributed by atoms with Gasteiger partial charge in [0.2, 0.25) is 0 Å². The van der Waals surface area contributed by atoms with E-state index >= 15 is 0 Å². The molecule has 154 valence electrons. The van der Waals surface area contributed by atoms with E-state index < -0.39 is 9.05 Å². The van der Waals surface area contributed by atoms with Gasteiger partial charge < -0.3 is 9.30 Å². The lowest BCUT2D eigenvalue weighted by molar-refractivity contribution is -0.134. The second kappa shape index (κ2) is 6.33. The van der Waals surface area contributed by atoms with Crippen molar-refractivity contribution in [1.29, 1.82) is 0 Å². The summed E-state index contributed by atoms with van der Waals surface area (Å²) in [6.45, 7) is 4.15. The molecule has 5 rings (SSSR count). The Morgan fingerprint density at radius 2 is 2.14 bits per heavy atom. The number of aromatic nitrogens is 1. The quantitative estimate of drug-likeness (QED) is 0.544. The molecule has 2 aromatic rings. The third-order valence-corrected chi connectivity index (χ3v) is 8.34. The molecule has 0 radical (unpaired) electrons. The van der Waals surface area contributed by atoms with Gasteiger partial charge in [-0.3, -0.25) is 4.90 Å². The van der Waals surface area contributed by atoms with Crippen molar-refractivity contribution in [2.75, 3.05) is 20.2 Å². The van der Waals surface area contributed by atoms with Gasteiger partial charge in [0.25, 0.3) is 9.05 Å². The number of esters is 1. The van der Waals surface area contributed by atoms with E-state index in [1.165, 1.54) is 13.2 Å². The van der Waals surface area contributed by atoms with E-state index in [9.17, 15) is 13.2 Å². The lowest BCUT2D eigenvalue weighted by Crippen LogP contribution is -2.51. The Morgan fingerprint density at radius 1 is 1.34 bits per heavy atom. The lowest BCUT2D eigenvalue weighted by Gasteiger charge is -2.53. The summed E-state index contributed by atoms with van der Waals surface area (Å²) in [6.07, 6.45) is 5.97. The molecule has 8 heteroatoms. The van der Waals surface area contributed by atoms with E-state index in [-0.39, 0.29) is 22.3 Å². The third kappa shape index (κ3) is 2.57. The highest BCUT2D eigenvalue weighted by Crippen LogP contribution is 2.57. The molecule has 29 heavy (non-hydrogen) atoms. The van der Waals surface area contributed by atoms with Gasteiger partial charge >= 0.3 is 5.97 Å². The number of rotatable bonds is 3. The molecule has 0 amide bonds. The Balaban J connectivity index is 1.88. The van der Waals surface area contributed by atoms with E-state index in [0.29, 0.717) is 5.70 Å². The topological polar surface area (TPSA) is 68.6 Å². The molecule has 3 aliphatic rings. The molecule has 4 heterocycles. The number of carbonyl (C=O) groups is 1. The van der Waals surface area contributed by atoms with Crippen molar-refractivity contribution in [3.8, 4) is 0 Å². The molecule has 0 spiro atoms. The molecule has 6 nitrogen and oxygen atoms in total. The third-order valence-electron chi connectivity index (χ3n) is 6.99. The molecule has 0 unspecified atom stereocenters. The van der Waals surface area contributed by atoms with Gasteiger partial charge in [-0.25, -0.2) is 13.2 Å². The van der Waals surface area contributed by atoms with E-state index in [4.69, 9.17) is 15.4 Å². The zero-order valence-electron chi connectivity index (χ0n) is 16.4. The summed E-state index contributed by atoms with van der Waals surface area (Å²) in [5.74, 6) is -0.368. The van der Waals surface area contributed by atoms with Gasteiger partial charge in [-0.1, -0.05) is 6.92 Å². The molecule has 0 aliphatic carbocycles. The number of halogens is 1. The highest BCUT2D eigenvalue weighted by atomic mass is 35.7. The number of ether oxygens (including phenoxy) is 1. The van der Waals surface area contributed by atoms with E-state index in [0.717, 1.165) is 60.9 Å². The maximum atomic E-state index is 12.8. The lowest BCUT2D eigenvalue weighted by atomic mass is 9.66. The van der Waals surface area contributed by atoms with E-state index in [1.54, 1.807) is 12.1 Å². The van der Waals surface area contributed by atoms with Gasteiger partial charge in [0.1, 0.15) is 5.70 Å². The summed E-state index contributed by atoms with van der Waals surface area (Å²) in [4.78, 5) is 15.4. The summed E-state index contributed by atoms with van der Waals surface area (Å²) >= 11 is 0. The number of carbonyl (C=O) groups excluding carboxylic acids is 1. The van der Waals surface area contributed by atoms with Gasteiger partial charge in [0.05, 0.1) is 23.6 Å². The van der Waals surface area contributed by atoms with Crippen LogP contribution in [0, 0.1) is 5.41 Å². The maximum Gasteiger partial charge on any atom is 0.354 e. The van der Waals surface area contributed by atoms with Crippen LogP contribution in [-0.2, 0) is 25.0 Å². The van der Waals surface area contributed by atoms with E-state index in [2.05, 4.69) is 17.9 Å². The van der Waals surface area contributed by atoms with Gasteiger partial charge in [-0.2, -0.15) is 0 Å². The number of hydrogen-bond acceptors (Lipinski definition) is 5. The fourth-order valence-corrected chi connectivity index (χ4v) is 6.49. The van der Waals surface area contributed by atoms with E-state index in [1.807, 2.05) is 4.57 Å². The van der Waals surface area contributed by atoms with Gasteiger partial charge in [0, 0.05) is 33.7 Å². The molecule has 1 saturated heterocycles. The Kier molecular flexibility index (Phi) is 4.18. The minimum Gasteiger partial charge on any atom is -0.464 e. The molecule has 0 saturated carbocycles. The van der Waals surface area contributed by atoms with Crippen LogP contribution in [0.15, 0.2) is 29.2 Å². The summed E-state index contributed by atoms with van der Waals surface area (Å²) in [6, 6.07) is 5.10. The monoisotopic (exact) mass is 434 g/mol. The largest absolute Gasteiger partial charge is 0.464 e. The zero-order chi connectivity index (χ0) is 20.6. The molecular formula is C21H23ClN2O4S. The minimum absolute atomic E-state index is 0.0855. The van der Waals surface area contributed by atoms with Crippen molar-refractivity contribution in [3.63, 3.8) is 0 Å². The summed E-state index contributed by atoms with van der Waals surface area (Å²) < 4.78 is 31.0. The highest BCUT2D eigenvalue weighted by Gasteiger charge is 2.51. The van der Waals surface area contributed by atoms with Crippen molar-refractivity contribution in [3.05, 3.63) is 35.5 Å². The van der Waals surface area contributed by atoms with Crippen molar-refractivity contribution in [1.82, 2.24) is 9.47 Å². The molecule has 2 atom stereocenters. The first-order valence-corrected chi connectivity index (χ1v) is 12.3.